The van der Waals surface area contributed by atoms with Gasteiger partial charge in [-0.2, -0.15) is 5.10 Å². The standard InChI is InChI=1S/C20H29N5O2/c1-4-21-20(22-8-10-26-18-7-5-6-16(2)12-18)25-9-11-27-19(15-25)17-13-23-24(3)14-17/h5-7,12-14,19H,4,8-11,15H2,1-3H3,(H,21,22). The summed E-state index contributed by atoms with van der Waals surface area (Å²) in [4.78, 5) is 6.99. The van der Waals surface area contributed by atoms with E-state index < -0.39 is 0 Å². The summed E-state index contributed by atoms with van der Waals surface area (Å²) in [5.41, 5.74) is 2.29. The lowest BCUT2D eigenvalue weighted by atomic mass is 10.1. The first-order chi connectivity index (χ1) is 13.2. The summed E-state index contributed by atoms with van der Waals surface area (Å²) in [6, 6.07) is 8.08. The minimum atomic E-state index is 0.0138. The van der Waals surface area contributed by atoms with Crippen LogP contribution in [0.1, 0.15) is 24.2 Å². The Morgan fingerprint density at radius 1 is 1.44 bits per heavy atom. The number of morpholine rings is 1. The van der Waals surface area contributed by atoms with Gasteiger partial charge in [-0.3, -0.25) is 4.68 Å². The second-order valence-electron chi connectivity index (χ2n) is 6.65. The first kappa shape index (κ1) is 19.2. The Morgan fingerprint density at radius 2 is 2.33 bits per heavy atom. The smallest absolute Gasteiger partial charge is 0.194 e. The SMILES string of the molecule is CCNC(=NCCOc1cccc(C)c1)N1CCOC(c2cnn(C)c2)C1. The van der Waals surface area contributed by atoms with E-state index in [9.17, 15) is 0 Å². The van der Waals surface area contributed by atoms with Gasteiger partial charge in [0.2, 0.25) is 0 Å². The number of aromatic nitrogens is 2. The Labute approximate surface area is 161 Å². The van der Waals surface area contributed by atoms with Crippen LogP contribution in [-0.2, 0) is 11.8 Å². The van der Waals surface area contributed by atoms with E-state index in [0.717, 1.165) is 36.9 Å². The molecule has 1 aromatic heterocycles. The molecule has 2 heterocycles. The highest BCUT2D eigenvalue weighted by Gasteiger charge is 2.25. The largest absolute Gasteiger partial charge is 0.492 e. The molecule has 3 rings (SSSR count). The first-order valence-corrected chi connectivity index (χ1v) is 9.48. The Morgan fingerprint density at radius 3 is 3.07 bits per heavy atom. The zero-order valence-electron chi connectivity index (χ0n) is 16.4. The van der Waals surface area contributed by atoms with Crippen LogP contribution in [0.4, 0.5) is 0 Å². The fourth-order valence-electron chi connectivity index (χ4n) is 3.10. The van der Waals surface area contributed by atoms with Gasteiger partial charge in [0.15, 0.2) is 5.96 Å². The zero-order chi connectivity index (χ0) is 19.1. The number of hydrogen-bond acceptors (Lipinski definition) is 4. The van der Waals surface area contributed by atoms with E-state index in [4.69, 9.17) is 14.5 Å². The summed E-state index contributed by atoms with van der Waals surface area (Å²) in [7, 11) is 1.92. The number of nitrogens with one attached hydrogen (secondary N) is 1. The first-order valence-electron chi connectivity index (χ1n) is 9.48. The van der Waals surface area contributed by atoms with E-state index in [2.05, 4.69) is 35.2 Å². The summed E-state index contributed by atoms with van der Waals surface area (Å²) < 4.78 is 13.5. The van der Waals surface area contributed by atoms with Crippen molar-refractivity contribution in [3.63, 3.8) is 0 Å². The maximum absolute atomic E-state index is 5.93. The summed E-state index contributed by atoms with van der Waals surface area (Å²) >= 11 is 0. The van der Waals surface area contributed by atoms with Gasteiger partial charge in [-0.25, -0.2) is 4.99 Å². The van der Waals surface area contributed by atoms with Crippen molar-refractivity contribution in [2.45, 2.75) is 20.0 Å². The monoisotopic (exact) mass is 371 g/mol. The van der Waals surface area contributed by atoms with Crippen molar-refractivity contribution in [1.82, 2.24) is 20.0 Å². The highest BCUT2D eigenvalue weighted by atomic mass is 16.5. The molecular formula is C20H29N5O2. The summed E-state index contributed by atoms with van der Waals surface area (Å²) in [6.45, 7) is 8.37. The molecule has 1 fully saturated rings. The molecule has 0 spiro atoms. The fourth-order valence-corrected chi connectivity index (χ4v) is 3.10. The normalized spacial score (nSPS) is 17.8. The van der Waals surface area contributed by atoms with Gasteiger partial charge in [-0.05, 0) is 31.5 Å². The highest BCUT2D eigenvalue weighted by Crippen LogP contribution is 2.21. The predicted octanol–water partition coefficient (Wildman–Crippen LogP) is 2.15. The lowest BCUT2D eigenvalue weighted by Crippen LogP contribution is -2.48. The molecule has 0 saturated carbocycles. The van der Waals surface area contributed by atoms with E-state index >= 15 is 0 Å². The van der Waals surface area contributed by atoms with Crippen molar-refractivity contribution in [3.05, 3.63) is 47.8 Å². The predicted molar refractivity (Wildman–Crippen MR) is 106 cm³/mol. The highest BCUT2D eigenvalue weighted by molar-refractivity contribution is 5.80. The van der Waals surface area contributed by atoms with E-state index in [1.54, 1.807) is 4.68 Å². The number of nitrogens with zero attached hydrogens (tertiary/aromatic N) is 4. The van der Waals surface area contributed by atoms with Gasteiger partial charge >= 0.3 is 0 Å². The zero-order valence-corrected chi connectivity index (χ0v) is 16.4. The molecule has 1 atom stereocenters. The number of ether oxygens (including phenoxy) is 2. The van der Waals surface area contributed by atoms with Crippen LogP contribution < -0.4 is 10.1 Å². The topological polar surface area (TPSA) is 63.9 Å². The van der Waals surface area contributed by atoms with Gasteiger partial charge in [-0.15, -0.1) is 0 Å². The molecule has 0 bridgehead atoms. The molecule has 1 saturated heterocycles. The average Bonchev–Trinajstić information content (AvgIpc) is 3.11. The summed E-state index contributed by atoms with van der Waals surface area (Å²) in [5, 5.41) is 7.63. The van der Waals surface area contributed by atoms with E-state index in [1.807, 2.05) is 37.6 Å². The lowest BCUT2D eigenvalue weighted by molar-refractivity contribution is -0.00805. The van der Waals surface area contributed by atoms with Crippen molar-refractivity contribution in [2.24, 2.45) is 12.0 Å². The van der Waals surface area contributed by atoms with E-state index in [0.29, 0.717) is 19.8 Å². The quantitative estimate of drug-likeness (QED) is 0.479. The van der Waals surface area contributed by atoms with Crippen LogP contribution in [0.2, 0.25) is 0 Å². The molecule has 1 unspecified atom stereocenters. The van der Waals surface area contributed by atoms with Crippen LogP contribution >= 0.6 is 0 Å². The van der Waals surface area contributed by atoms with Gasteiger partial charge in [0.05, 0.1) is 25.9 Å². The van der Waals surface area contributed by atoms with Gasteiger partial charge < -0.3 is 19.7 Å². The molecule has 1 aliphatic rings. The molecule has 27 heavy (non-hydrogen) atoms. The van der Waals surface area contributed by atoms with Gasteiger partial charge in [-0.1, -0.05) is 12.1 Å². The molecule has 0 amide bonds. The molecule has 7 heteroatoms. The molecule has 0 radical (unpaired) electrons. The van der Waals surface area contributed by atoms with Crippen LogP contribution in [0.15, 0.2) is 41.7 Å². The molecular weight excluding hydrogens is 342 g/mol. The van der Waals surface area contributed by atoms with Crippen LogP contribution in [-0.4, -0.2) is 60.0 Å². The lowest BCUT2D eigenvalue weighted by Gasteiger charge is -2.34. The Kier molecular flexibility index (Phi) is 6.70. The third kappa shape index (κ3) is 5.47. The summed E-state index contributed by atoms with van der Waals surface area (Å²) in [5.74, 6) is 1.79. The van der Waals surface area contributed by atoms with Crippen LogP contribution in [0.25, 0.3) is 0 Å². The van der Waals surface area contributed by atoms with Crippen molar-refractivity contribution in [2.75, 3.05) is 39.4 Å². The van der Waals surface area contributed by atoms with Crippen molar-refractivity contribution >= 4 is 5.96 Å². The van der Waals surface area contributed by atoms with Crippen molar-refractivity contribution < 1.29 is 9.47 Å². The van der Waals surface area contributed by atoms with Crippen LogP contribution in [0, 0.1) is 6.92 Å². The van der Waals surface area contributed by atoms with Gasteiger partial charge in [0.1, 0.15) is 18.5 Å². The van der Waals surface area contributed by atoms with Gasteiger partial charge in [0, 0.05) is 31.9 Å². The number of aryl methyl sites for hydroxylation is 2. The Balaban J connectivity index is 1.57. The summed E-state index contributed by atoms with van der Waals surface area (Å²) in [6.07, 6.45) is 3.89. The molecule has 2 aromatic rings. The van der Waals surface area contributed by atoms with Gasteiger partial charge in [0.25, 0.3) is 0 Å². The number of aliphatic imine (C=N–C) groups is 1. The van der Waals surface area contributed by atoms with Crippen LogP contribution in [0.5, 0.6) is 5.75 Å². The maximum Gasteiger partial charge on any atom is 0.194 e. The number of rotatable bonds is 6. The average molecular weight is 371 g/mol. The number of hydrogen-bond donors (Lipinski definition) is 1. The van der Waals surface area contributed by atoms with Crippen LogP contribution in [0.3, 0.4) is 0 Å². The molecule has 7 nitrogen and oxygen atoms in total. The number of benzene rings is 1. The second-order valence-corrected chi connectivity index (χ2v) is 6.65. The van der Waals surface area contributed by atoms with E-state index in [-0.39, 0.29) is 6.10 Å². The third-order valence-corrected chi connectivity index (χ3v) is 4.41. The third-order valence-electron chi connectivity index (χ3n) is 4.41. The molecule has 1 aromatic carbocycles. The molecule has 0 aliphatic carbocycles. The fraction of sp³-hybridized carbons (Fsp3) is 0.500. The van der Waals surface area contributed by atoms with Crippen molar-refractivity contribution in [1.29, 1.82) is 0 Å². The minimum Gasteiger partial charge on any atom is -0.492 e. The van der Waals surface area contributed by atoms with E-state index in [1.165, 1.54) is 5.56 Å². The Bertz CT molecular complexity index is 758. The van der Waals surface area contributed by atoms with Crippen molar-refractivity contribution in [3.8, 4) is 5.75 Å². The second kappa shape index (κ2) is 9.41. The molecule has 1 N–H and O–H groups in total. The molecule has 146 valence electrons. The molecule has 1 aliphatic heterocycles. The Hall–Kier alpha value is -2.54. The maximum atomic E-state index is 5.93. The number of guanidine groups is 1. The minimum absolute atomic E-state index is 0.0138.